The van der Waals surface area contributed by atoms with E-state index in [2.05, 4.69) is 5.32 Å². The average molecular weight is 430 g/mol. The minimum atomic E-state index is -0.143. The van der Waals surface area contributed by atoms with Crippen LogP contribution in [0.25, 0.3) is 5.69 Å². The Hall–Kier alpha value is -2.64. The van der Waals surface area contributed by atoms with Crippen LogP contribution in [0.15, 0.2) is 42.5 Å². The summed E-state index contributed by atoms with van der Waals surface area (Å²) in [7, 11) is 3.27. The number of nitrogens with zero attached hydrogens (tertiary/aromatic N) is 2. The standard InChI is InChI=1S/C21H20ClN3O3S/c1-12-19-20(16-10-15(27-2)8-9-17(16)28-3)29-11-18(26)23-21(19)25(24-12)14-6-4-13(22)5-7-14/h4-10,20H,11H2,1-3H3,(H,23,26)/t20-/m1/s1. The molecule has 0 aliphatic carbocycles. The van der Waals surface area contributed by atoms with E-state index in [9.17, 15) is 4.79 Å². The number of methoxy groups -OCH3 is 2. The van der Waals surface area contributed by atoms with Gasteiger partial charge >= 0.3 is 0 Å². The van der Waals surface area contributed by atoms with E-state index in [4.69, 9.17) is 26.2 Å². The lowest BCUT2D eigenvalue weighted by atomic mass is 10.0. The second-order valence-corrected chi connectivity index (χ2v) is 8.11. The van der Waals surface area contributed by atoms with Gasteiger partial charge in [0.15, 0.2) is 0 Å². The number of benzene rings is 2. The van der Waals surface area contributed by atoms with Crippen molar-refractivity contribution in [3.05, 3.63) is 64.3 Å². The molecule has 1 atom stereocenters. The Bertz CT molecular complexity index is 1070. The first-order valence-corrected chi connectivity index (χ1v) is 10.4. The molecule has 3 aromatic rings. The number of carbonyl (C=O) groups is 1. The van der Waals surface area contributed by atoms with Crippen LogP contribution in [0.1, 0.15) is 22.1 Å². The molecule has 1 amide bonds. The second kappa shape index (κ2) is 8.00. The highest BCUT2D eigenvalue weighted by Crippen LogP contribution is 2.47. The van der Waals surface area contributed by atoms with Crippen LogP contribution < -0.4 is 14.8 Å². The van der Waals surface area contributed by atoms with Gasteiger partial charge in [0.05, 0.1) is 36.6 Å². The van der Waals surface area contributed by atoms with Crippen molar-refractivity contribution in [2.75, 3.05) is 25.3 Å². The predicted molar refractivity (Wildman–Crippen MR) is 116 cm³/mol. The first-order valence-electron chi connectivity index (χ1n) is 9.00. The van der Waals surface area contributed by atoms with Crippen LogP contribution in [0.4, 0.5) is 5.82 Å². The molecule has 1 aliphatic rings. The number of hydrogen-bond acceptors (Lipinski definition) is 5. The smallest absolute Gasteiger partial charge is 0.235 e. The molecule has 29 heavy (non-hydrogen) atoms. The molecule has 0 unspecified atom stereocenters. The molecule has 1 aromatic heterocycles. The lowest BCUT2D eigenvalue weighted by Gasteiger charge is -2.19. The quantitative estimate of drug-likeness (QED) is 0.655. The van der Waals surface area contributed by atoms with E-state index in [1.807, 2.05) is 37.3 Å². The first kappa shape index (κ1) is 19.7. The zero-order valence-corrected chi connectivity index (χ0v) is 17.8. The van der Waals surface area contributed by atoms with E-state index in [1.54, 1.807) is 31.0 Å². The third kappa shape index (κ3) is 3.68. The SMILES string of the molecule is COc1ccc(OC)c([C@H]2SCC(=O)Nc3c2c(C)nn3-c2ccc(Cl)cc2)c1. The summed E-state index contributed by atoms with van der Waals surface area (Å²) >= 11 is 7.57. The molecule has 8 heteroatoms. The number of rotatable bonds is 4. The number of carbonyl (C=O) groups excluding carboxylic acids is 1. The number of hydrogen-bond donors (Lipinski definition) is 1. The Morgan fingerprint density at radius 2 is 1.93 bits per heavy atom. The Morgan fingerprint density at radius 3 is 2.62 bits per heavy atom. The summed E-state index contributed by atoms with van der Waals surface area (Å²) in [6, 6.07) is 13.0. The largest absolute Gasteiger partial charge is 0.497 e. The minimum absolute atomic E-state index is 0.0734. The van der Waals surface area contributed by atoms with Crippen molar-refractivity contribution in [1.82, 2.24) is 9.78 Å². The number of anilines is 1. The summed E-state index contributed by atoms with van der Waals surface area (Å²) in [4.78, 5) is 12.5. The van der Waals surface area contributed by atoms with Crippen LogP contribution in [-0.2, 0) is 4.79 Å². The maximum absolute atomic E-state index is 12.5. The van der Waals surface area contributed by atoms with Crippen molar-refractivity contribution in [1.29, 1.82) is 0 Å². The van der Waals surface area contributed by atoms with Crippen LogP contribution >= 0.6 is 23.4 Å². The number of aromatic nitrogens is 2. The zero-order chi connectivity index (χ0) is 20.5. The van der Waals surface area contributed by atoms with E-state index in [0.717, 1.165) is 34.0 Å². The van der Waals surface area contributed by atoms with E-state index >= 15 is 0 Å². The molecule has 0 fully saturated rings. The number of aryl methyl sites for hydroxylation is 1. The van der Waals surface area contributed by atoms with Gasteiger partial charge in [-0.3, -0.25) is 4.79 Å². The van der Waals surface area contributed by atoms with Gasteiger partial charge < -0.3 is 14.8 Å². The Balaban J connectivity index is 1.91. The summed E-state index contributed by atoms with van der Waals surface area (Å²) in [5, 5.41) is 8.24. The molecule has 1 aliphatic heterocycles. The summed E-state index contributed by atoms with van der Waals surface area (Å²) in [6.07, 6.45) is 0. The van der Waals surface area contributed by atoms with Crippen molar-refractivity contribution in [3.63, 3.8) is 0 Å². The maximum Gasteiger partial charge on any atom is 0.235 e. The van der Waals surface area contributed by atoms with Crippen LogP contribution in [0.5, 0.6) is 11.5 Å². The van der Waals surface area contributed by atoms with Gasteiger partial charge in [0.1, 0.15) is 17.3 Å². The molecular weight excluding hydrogens is 410 g/mol. The van der Waals surface area contributed by atoms with E-state index < -0.39 is 0 Å². The molecule has 0 saturated heterocycles. The van der Waals surface area contributed by atoms with E-state index in [1.165, 1.54) is 11.8 Å². The summed E-state index contributed by atoms with van der Waals surface area (Å²) in [5.41, 5.74) is 3.54. The zero-order valence-electron chi connectivity index (χ0n) is 16.2. The highest BCUT2D eigenvalue weighted by atomic mass is 35.5. The lowest BCUT2D eigenvalue weighted by molar-refractivity contribution is -0.113. The van der Waals surface area contributed by atoms with Gasteiger partial charge in [-0.25, -0.2) is 4.68 Å². The number of nitrogens with one attached hydrogen (secondary N) is 1. The van der Waals surface area contributed by atoms with E-state index in [-0.39, 0.29) is 11.2 Å². The van der Waals surface area contributed by atoms with Gasteiger partial charge in [-0.15, -0.1) is 11.8 Å². The molecule has 2 heterocycles. The van der Waals surface area contributed by atoms with Gasteiger partial charge in [-0.05, 0) is 49.4 Å². The van der Waals surface area contributed by atoms with Gasteiger partial charge in [0.2, 0.25) is 5.91 Å². The lowest BCUT2D eigenvalue weighted by Crippen LogP contribution is -2.15. The third-order valence-electron chi connectivity index (χ3n) is 4.80. The van der Waals surface area contributed by atoms with Crippen LogP contribution in [0.3, 0.4) is 0 Å². The van der Waals surface area contributed by atoms with Crippen molar-refractivity contribution >= 4 is 35.1 Å². The van der Waals surface area contributed by atoms with E-state index in [0.29, 0.717) is 16.6 Å². The highest BCUT2D eigenvalue weighted by molar-refractivity contribution is 8.00. The monoisotopic (exact) mass is 429 g/mol. The molecule has 150 valence electrons. The maximum atomic E-state index is 12.5. The Kier molecular flexibility index (Phi) is 5.43. The minimum Gasteiger partial charge on any atom is -0.497 e. The molecular formula is C21H20ClN3O3S. The molecule has 4 rings (SSSR count). The second-order valence-electron chi connectivity index (χ2n) is 6.58. The summed E-state index contributed by atoms with van der Waals surface area (Å²) in [6.45, 7) is 1.95. The van der Waals surface area contributed by atoms with Crippen LogP contribution in [0.2, 0.25) is 5.02 Å². The molecule has 1 N–H and O–H groups in total. The van der Waals surface area contributed by atoms with Gasteiger partial charge in [-0.1, -0.05) is 11.6 Å². The average Bonchev–Trinajstić information content (AvgIpc) is 2.93. The van der Waals surface area contributed by atoms with Crippen LogP contribution in [0, 0.1) is 6.92 Å². The number of amides is 1. The Morgan fingerprint density at radius 1 is 1.17 bits per heavy atom. The van der Waals surface area contributed by atoms with Crippen molar-refractivity contribution in [2.45, 2.75) is 12.2 Å². The number of ether oxygens (including phenoxy) is 2. The topological polar surface area (TPSA) is 65.4 Å². The molecule has 0 saturated carbocycles. The number of thioether (sulfide) groups is 1. The number of fused-ring (bicyclic) bond motifs is 1. The van der Waals surface area contributed by atoms with Gasteiger partial charge in [0, 0.05) is 16.1 Å². The summed E-state index contributed by atoms with van der Waals surface area (Å²) in [5.74, 6) is 2.38. The normalized spacial score (nSPS) is 16.0. The summed E-state index contributed by atoms with van der Waals surface area (Å²) < 4.78 is 12.8. The predicted octanol–water partition coefficient (Wildman–Crippen LogP) is 4.63. The number of halogens is 1. The fraction of sp³-hybridized carbons (Fsp3) is 0.238. The van der Waals surface area contributed by atoms with Crippen molar-refractivity contribution in [2.24, 2.45) is 0 Å². The van der Waals surface area contributed by atoms with Crippen LogP contribution in [-0.4, -0.2) is 35.7 Å². The molecule has 6 nitrogen and oxygen atoms in total. The van der Waals surface area contributed by atoms with Crippen molar-refractivity contribution in [3.8, 4) is 17.2 Å². The Labute approximate surface area is 178 Å². The molecule has 0 spiro atoms. The molecule has 0 bridgehead atoms. The van der Waals surface area contributed by atoms with Gasteiger partial charge in [-0.2, -0.15) is 5.10 Å². The van der Waals surface area contributed by atoms with Crippen molar-refractivity contribution < 1.29 is 14.3 Å². The highest BCUT2D eigenvalue weighted by Gasteiger charge is 2.32. The first-order chi connectivity index (χ1) is 14.0. The van der Waals surface area contributed by atoms with Gasteiger partial charge in [0.25, 0.3) is 0 Å². The fourth-order valence-corrected chi connectivity index (χ4v) is 4.77. The molecule has 2 aromatic carbocycles. The molecule has 0 radical (unpaired) electrons. The third-order valence-corrected chi connectivity index (χ3v) is 6.30. The fourth-order valence-electron chi connectivity index (χ4n) is 3.44.